The number of aromatic nitrogens is 2. The van der Waals surface area contributed by atoms with Gasteiger partial charge in [0.25, 0.3) is 0 Å². The van der Waals surface area contributed by atoms with Gasteiger partial charge in [-0.2, -0.15) is 9.40 Å². The Bertz CT molecular complexity index is 817. The van der Waals surface area contributed by atoms with Crippen LogP contribution in [0.5, 0.6) is 0 Å². The van der Waals surface area contributed by atoms with Crippen molar-refractivity contribution in [2.45, 2.75) is 30.2 Å². The number of carbonyl (C=O) groups is 1. The van der Waals surface area contributed by atoms with Gasteiger partial charge < -0.3 is 5.32 Å². The highest BCUT2D eigenvalue weighted by atomic mass is 32.2. The molecule has 1 fully saturated rings. The van der Waals surface area contributed by atoms with E-state index < -0.39 is 16.1 Å². The van der Waals surface area contributed by atoms with E-state index in [0.717, 1.165) is 12.8 Å². The van der Waals surface area contributed by atoms with Gasteiger partial charge in [0.15, 0.2) is 5.82 Å². The van der Waals surface area contributed by atoms with Crippen LogP contribution in [0.3, 0.4) is 0 Å². The Balaban J connectivity index is 1.84. The van der Waals surface area contributed by atoms with Gasteiger partial charge in [0.05, 0.1) is 4.90 Å². The topological polar surface area (TPSA) is 84.3 Å². The van der Waals surface area contributed by atoms with Gasteiger partial charge in [0.1, 0.15) is 6.04 Å². The standard InChI is InChI=1S/C16H20N4O3S/c1-19-12-10-15(18-19)17-16(21)14-9-5-6-11-20(14)24(22,23)13-7-3-2-4-8-13/h2-4,7-8,10,12,14H,5-6,9,11H2,1H3,(H,17,18,21). The van der Waals surface area contributed by atoms with E-state index in [1.54, 1.807) is 54.3 Å². The lowest BCUT2D eigenvalue weighted by molar-refractivity contribution is -0.120. The molecule has 1 N–H and O–H groups in total. The predicted octanol–water partition coefficient (Wildman–Crippen LogP) is 1.60. The molecule has 0 saturated carbocycles. The molecule has 8 heteroatoms. The van der Waals surface area contributed by atoms with E-state index in [-0.39, 0.29) is 10.8 Å². The number of piperidine rings is 1. The molecule has 0 aliphatic carbocycles. The van der Waals surface area contributed by atoms with Crippen molar-refractivity contribution in [2.24, 2.45) is 7.05 Å². The van der Waals surface area contributed by atoms with Crippen LogP contribution in [0.15, 0.2) is 47.5 Å². The largest absolute Gasteiger partial charge is 0.308 e. The van der Waals surface area contributed by atoms with Crippen molar-refractivity contribution < 1.29 is 13.2 Å². The number of sulfonamides is 1. The van der Waals surface area contributed by atoms with Gasteiger partial charge in [-0.15, -0.1) is 0 Å². The van der Waals surface area contributed by atoms with E-state index in [9.17, 15) is 13.2 Å². The van der Waals surface area contributed by atoms with Crippen LogP contribution in [0.2, 0.25) is 0 Å². The third-order valence-corrected chi connectivity index (χ3v) is 5.99. The average molecular weight is 348 g/mol. The minimum Gasteiger partial charge on any atom is -0.308 e. The molecule has 7 nitrogen and oxygen atoms in total. The Morgan fingerprint density at radius 3 is 2.62 bits per heavy atom. The molecule has 2 aromatic rings. The van der Waals surface area contributed by atoms with E-state index in [1.807, 2.05) is 0 Å². The third-order valence-electron chi connectivity index (χ3n) is 4.07. The molecule has 0 radical (unpaired) electrons. The van der Waals surface area contributed by atoms with Crippen LogP contribution in [0.1, 0.15) is 19.3 Å². The first-order valence-electron chi connectivity index (χ1n) is 7.86. The summed E-state index contributed by atoms with van der Waals surface area (Å²) < 4.78 is 28.7. The van der Waals surface area contributed by atoms with Crippen LogP contribution in [0, 0.1) is 0 Å². The molecule has 1 aliphatic rings. The zero-order valence-corrected chi connectivity index (χ0v) is 14.2. The molecule has 0 spiro atoms. The molecule has 1 aromatic heterocycles. The molecule has 128 valence electrons. The van der Waals surface area contributed by atoms with Gasteiger partial charge in [-0.05, 0) is 25.0 Å². The summed E-state index contributed by atoms with van der Waals surface area (Å²) in [5.74, 6) is 0.0815. The maximum atomic E-state index is 12.9. The van der Waals surface area contributed by atoms with E-state index >= 15 is 0 Å². The number of nitrogens with zero attached hydrogens (tertiary/aromatic N) is 3. The van der Waals surface area contributed by atoms with E-state index in [2.05, 4.69) is 10.4 Å². The van der Waals surface area contributed by atoms with Gasteiger partial charge >= 0.3 is 0 Å². The number of carbonyl (C=O) groups excluding carboxylic acids is 1. The fourth-order valence-corrected chi connectivity index (χ4v) is 4.55. The maximum absolute atomic E-state index is 12.9. The first-order chi connectivity index (χ1) is 11.5. The van der Waals surface area contributed by atoms with Crippen LogP contribution in [-0.4, -0.2) is 41.0 Å². The van der Waals surface area contributed by atoms with Crippen molar-refractivity contribution in [3.8, 4) is 0 Å². The van der Waals surface area contributed by atoms with E-state index in [4.69, 9.17) is 0 Å². The van der Waals surface area contributed by atoms with Crippen molar-refractivity contribution in [2.75, 3.05) is 11.9 Å². The summed E-state index contributed by atoms with van der Waals surface area (Å²) in [6, 6.07) is 9.19. The summed E-state index contributed by atoms with van der Waals surface area (Å²) in [5, 5.41) is 6.82. The number of rotatable bonds is 4. The van der Waals surface area contributed by atoms with Gasteiger partial charge in [-0.3, -0.25) is 9.48 Å². The monoisotopic (exact) mass is 348 g/mol. The molecule has 1 unspecified atom stereocenters. The normalized spacial score (nSPS) is 19.1. The quantitative estimate of drug-likeness (QED) is 0.910. The zero-order chi connectivity index (χ0) is 17.2. The van der Waals surface area contributed by atoms with Crippen molar-refractivity contribution in [3.05, 3.63) is 42.6 Å². The SMILES string of the molecule is Cn1ccc(NC(=O)C2CCCCN2S(=O)(=O)c2ccccc2)n1. The lowest BCUT2D eigenvalue weighted by Crippen LogP contribution is -2.49. The van der Waals surface area contributed by atoms with Gasteiger partial charge in [0.2, 0.25) is 15.9 Å². The van der Waals surface area contributed by atoms with Crippen molar-refractivity contribution >= 4 is 21.7 Å². The van der Waals surface area contributed by atoms with E-state index in [0.29, 0.717) is 18.8 Å². The van der Waals surface area contributed by atoms with Gasteiger partial charge in [-0.25, -0.2) is 8.42 Å². The Morgan fingerprint density at radius 2 is 1.96 bits per heavy atom. The number of hydrogen-bond donors (Lipinski definition) is 1. The molecule has 0 bridgehead atoms. The van der Waals surface area contributed by atoms with Crippen molar-refractivity contribution in [3.63, 3.8) is 0 Å². The average Bonchev–Trinajstić information content (AvgIpc) is 3.00. The highest BCUT2D eigenvalue weighted by molar-refractivity contribution is 7.89. The zero-order valence-electron chi connectivity index (χ0n) is 13.4. The number of benzene rings is 1. The molecule has 1 aliphatic heterocycles. The second-order valence-electron chi connectivity index (χ2n) is 5.80. The van der Waals surface area contributed by atoms with Crippen molar-refractivity contribution in [1.29, 1.82) is 0 Å². The number of amides is 1. The number of aryl methyl sites for hydroxylation is 1. The Morgan fingerprint density at radius 1 is 1.21 bits per heavy atom. The van der Waals surface area contributed by atoms with Crippen LogP contribution < -0.4 is 5.32 Å². The molecule has 1 amide bonds. The molecule has 24 heavy (non-hydrogen) atoms. The summed E-state index contributed by atoms with van der Waals surface area (Å²) in [6.07, 6.45) is 3.79. The summed E-state index contributed by atoms with van der Waals surface area (Å²) in [6.45, 7) is 0.345. The fraction of sp³-hybridized carbons (Fsp3) is 0.375. The van der Waals surface area contributed by atoms with Crippen LogP contribution in [0.25, 0.3) is 0 Å². The Labute approximate surface area is 141 Å². The van der Waals surface area contributed by atoms with E-state index in [1.165, 1.54) is 4.31 Å². The molecule has 3 rings (SSSR count). The smallest absolute Gasteiger partial charge is 0.244 e. The first-order valence-corrected chi connectivity index (χ1v) is 9.30. The van der Waals surface area contributed by atoms with Crippen LogP contribution >= 0.6 is 0 Å². The Kier molecular flexibility index (Phi) is 4.68. The lowest BCUT2D eigenvalue weighted by Gasteiger charge is -2.33. The molecule has 1 saturated heterocycles. The highest BCUT2D eigenvalue weighted by Crippen LogP contribution is 2.26. The summed E-state index contributed by atoms with van der Waals surface area (Å²) in [7, 11) is -1.94. The number of hydrogen-bond acceptors (Lipinski definition) is 4. The molecule has 1 aromatic carbocycles. The Hall–Kier alpha value is -2.19. The fourth-order valence-electron chi connectivity index (χ4n) is 2.87. The highest BCUT2D eigenvalue weighted by Gasteiger charge is 2.37. The summed E-state index contributed by atoms with van der Waals surface area (Å²) >= 11 is 0. The first kappa shape index (κ1) is 16.7. The molecular formula is C16H20N4O3S. The minimum atomic E-state index is -3.70. The third kappa shape index (κ3) is 3.34. The van der Waals surface area contributed by atoms with Gasteiger partial charge in [0, 0.05) is 25.9 Å². The summed E-state index contributed by atoms with van der Waals surface area (Å²) in [5.41, 5.74) is 0. The number of nitrogens with one attached hydrogen (secondary N) is 1. The lowest BCUT2D eigenvalue weighted by atomic mass is 10.0. The molecule has 1 atom stereocenters. The minimum absolute atomic E-state index is 0.211. The molecular weight excluding hydrogens is 328 g/mol. The van der Waals surface area contributed by atoms with Gasteiger partial charge in [-0.1, -0.05) is 24.6 Å². The molecule has 2 heterocycles. The second-order valence-corrected chi connectivity index (χ2v) is 7.69. The van der Waals surface area contributed by atoms with Crippen LogP contribution in [0.4, 0.5) is 5.82 Å². The maximum Gasteiger partial charge on any atom is 0.244 e. The van der Waals surface area contributed by atoms with Crippen LogP contribution in [-0.2, 0) is 21.9 Å². The summed E-state index contributed by atoms with van der Waals surface area (Å²) in [4.78, 5) is 12.8. The predicted molar refractivity (Wildman–Crippen MR) is 89.8 cm³/mol. The van der Waals surface area contributed by atoms with Crippen molar-refractivity contribution in [1.82, 2.24) is 14.1 Å². The second kappa shape index (κ2) is 6.74. The number of anilines is 1.